The zero-order valence-electron chi connectivity index (χ0n) is 29.2. The lowest BCUT2D eigenvalue weighted by Crippen LogP contribution is -2.42. The predicted molar refractivity (Wildman–Crippen MR) is 184 cm³/mol. The second kappa shape index (κ2) is 28.0. The van der Waals surface area contributed by atoms with Gasteiger partial charge in [0.15, 0.2) is 0 Å². The molecule has 0 saturated carbocycles. The van der Waals surface area contributed by atoms with Gasteiger partial charge in [-0.2, -0.15) is 0 Å². The molecule has 41 heavy (non-hydrogen) atoms. The second-order valence-corrected chi connectivity index (χ2v) is 14.2. The van der Waals surface area contributed by atoms with Gasteiger partial charge < -0.3 is 0 Å². The number of aromatic amines is 1. The molecule has 0 aliphatic rings. The van der Waals surface area contributed by atoms with E-state index in [4.69, 9.17) is 0 Å². The van der Waals surface area contributed by atoms with Gasteiger partial charge in [-0.3, -0.25) is 0 Å². The molecule has 2 nitrogen and oxygen atoms in total. The van der Waals surface area contributed by atoms with E-state index in [1.807, 2.05) is 0 Å². The molecule has 0 saturated heterocycles. The largest absolute Gasteiger partial charge is 0.254 e. The quantitative estimate of drug-likeness (QED) is 0.0673. The summed E-state index contributed by atoms with van der Waals surface area (Å²) in [6, 6.07) is 0.563. The summed E-state index contributed by atoms with van der Waals surface area (Å²) in [7, 11) is 0. The van der Waals surface area contributed by atoms with Crippen LogP contribution in [0.3, 0.4) is 0 Å². The first-order valence-corrected chi connectivity index (χ1v) is 19.2. The van der Waals surface area contributed by atoms with Crippen LogP contribution >= 0.6 is 0 Å². The fourth-order valence-corrected chi connectivity index (χ4v) is 6.62. The van der Waals surface area contributed by atoms with E-state index >= 15 is 0 Å². The first kappa shape index (κ1) is 38.2. The van der Waals surface area contributed by atoms with Crippen LogP contribution in [0, 0.1) is 5.92 Å². The maximum absolute atomic E-state index is 3.67. The van der Waals surface area contributed by atoms with E-state index in [0.717, 1.165) is 5.92 Å². The highest BCUT2D eigenvalue weighted by molar-refractivity contribution is 4.92. The number of H-pyrrole nitrogens is 1. The van der Waals surface area contributed by atoms with Crippen molar-refractivity contribution in [3.05, 3.63) is 17.7 Å². The summed E-state index contributed by atoms with van der Waals surface area (Å²) in [4.78, 5) is 3.67. The average Bonchev–Trinajstić information content (AvgIpc) is 3.36. The molecular weight excluding hydrogens is 496 g/mol. The average molecular weight is 574 g/mol. The van der Waals surface area contributed by atoms with Gasteiger partial charge in [0.2, 0.25) is 0 Å². The maximum Gasteiger partial charge on any atom is 0.254 e. The van der Waals surface area contributed by atoms with Gasteiger partial charge in [-0.15, -0.1) is 0 Å². The molecule has 242 valence electrons. The van der Waals surface area contributed by atoms with Crippen molar-refractivity contribution in [2.45, 2.75) is 227 Å². The van der Waals surface area contributed by atoms with Crippen LogP contribution in [0.2, 0.25) is 0 Å². The smallest absolute Gasteiger partial charge is 0.247 e. The zero-order chi connectivity index (χ0) is 29.8. The minimum absolute atomic E-state index is 0.563. The Balaban J connectivity index is 2.01. The number of rotatable bonds is 31. The summed E-state index contributed by atoms with van der Waals surface area (Å²) in [5, 5.41) is 0. The van der Waals surface area contributed by atoms with Gasteiger partial charge in [0.25, 0.3) is 5.82 Å². The van der Waals surface area contributed by atoms with Crippen LogP contribution < -0.4 is 4.57 Å². The van der Waals surface area contributed by atoms with Gasteiger partial charge in [0, 0.05) is 12.8 Å². The summed E-state index contributed by atoms with van der Waals surface area (Å²) in [6.45, 7) is 11.7. The van der Waals surface area contributed by atoms with E-state index in [1.54, 1.807) is 0 Å². The highest BCUT2D eigenvalue weighted by Gasteiger charge is 2.19. The third-order valence-corrected chi connectivity index (χ3v) is 9.25. The summed E-state index contributed by atoms with van der Waals surface area (Å²) in [5.74, 6) is 2.35. The molecule has 1 N–H and O–H groups in total. The number of aryl methyl sites for hydroxylation is 2. The molecule has 0 fully saturated rings. The zero-order valence-corrected chi connectivity index (χ0v) is 29.2. The van der Waals surface area contributed by atoms with Crippen molar-refractivity contribution in [1.82, 2.24) is 4.98 Å². The maximum atomic E-state index is 3.67. The molecule has 1 rings (SSSR count). The Morgan fingerprint density at radius 2 is 0.854 bits per heavy atom. The predicted octanol–water partition coefficient (Wildman–Crippen LogP) is 13.2. The minimum atomic E-state index is 0.563. The Labute approximate surface area is 259 Å². The van der Waals surface area contributed by atoms with Gasteiger partial charge >= 0.3 is 0 Å². The van der Waals surface area contributed by atoms with Crippen LogP contribution in [0.1, 0.15) is 226 Å². The molecule has 1 aromatic heterocycles. The van der Waals surface area contributed by atoms with Crippen LogP contribution in [-0.4, -0.2) is 4.98 Å². The van der Waals surface area contributed by atoms with Crippen molar-refractivity contribution in [3.8, 4) is 0 Å². The van der Waals surface area contributed by atoms with E-state index in [0.29, 0.717) is 6.04 Å². The van der Waals surface area contributed by atoms with Crippen LogP contribution in [0.5, 0.6) is 0 Å². The Kier molecular flexibility index (Phi) is 26.1. The first-order chi connectivity index (χ1) is 20.1. The highest BCUT2D eigenvalue weighted by Crippen LogP contribution is 2.16. The van der Waals surface area contributed by atoms with Crippen molar-refractivity contribution in [1.29, 1.82) is 0 Å². The summed E-state index contributed by atoms with van der Waals surface area (Å²) in [5.41, 5.74) is 1.54. The van der Waals surface area contributed by atoms with Gasteiger partial charge in [-0.05, 0) is 32.6 Å². The topological polar surface area (TPSA) is 19.7 Å². The molecule has 0 atom stereocenters. The Morgan fingerprint density at radius 1 is 0.488 bits per heavy atom. The van der Waals surface area contributed by atoms with Crippen LogP contribution in [0.25, 0.3) is 0 Å². The monoisotopic (exact) mass is 574 g/mol. The molecule has 0 radical (unpaired) electrons. The van der Waals surface area contributed by atoms with E-state index in [-0.39, 0.29) is 0 Å². The van der Waals surface area contributed by atoms with E-state index in [2.05, 4.69) is 50.4 Å². The van der Waals surface area contributed by atoms with E-state index in [1.165, 1.54) is 198 Å². The molecule has 0 spiro atoms. The SMILES string of the molecule is CCCCCCCCCCCCCCCCCCc1[nH]cc(CCCCCCCCCCCCC(C)C)[n+]1C(C)C. The van der Waals surface area contributed by atoms with Crippen LogP contribution in [-0.2, 0) is 12.8 Å². The number of unbranched alkanes of at least 4 members (excludes halogenated alkanes) is 24. The number of aromatic nitrogens is 2. The molecule has 0 aliphatic heterocycles. The lowest BCUT2D eigenvalue weighted by molar-refractivity contribution is -0.728. The fraction of sp³-hybridized carbons (Fsp3) is 0.923. The fourth-order valence-electron chi connectivity index (χ4n) is 6.62. The third-order valence-electron chi connectivity index (χ3n) is 9.25. The van der Waals surface area contributed by atoms with Crippen molar-refractivity contribution in [2.24, 2.45) is 5.92 Å². The Hall–Kier alpha value is -0.790. The molecule has 1 aromatic rings. The van der Waals surface area contributed by atoms with Gasteiger partial charge in [0.05, 0.1) is 6.04 Å². The van der Waals surface area contributed by atoms with Gasteiger partial charge in [0.1, 0.15) is 11.9 Å². The molecule has 1 heterocycles. The second-order valence-electron chi connectivity index (χ2n) is 14.2. The molecular formula is C39H77N2+. The molecule has 0 aromatic carbocycles. The number of hydrogen-bond acceptors (Lipinski definition) is 0. The molecule has 0 bridgehead atoms. The lowest BCUT2D eigenvalue weighted by atomic mass is 10.0. The Bertz CT molecular complexity index is 659. The number of hydrogen-bond donors (Lipinski definition) is 1. The standard InChI is InChI=1S/C39H76N2/c1-6-7-8-9-10-11-12-13-14-15-16-17-22-25-28-31-34-39-40-35-38(41(39)37(4)5)33-30-27-24-21-19-18-20-23-26-29-32-36(2)3/h35-37H,6-34H2,1-5H3/p+1. The van der Waals surface area contributed by atoms with Crippen LogP contribution in [0.4, 0.5) is 0 Å². The van der Waals surface area contributed by atoms with Gasteiger partial charge in [-0.25, -0.2) is 9.55 Å². The highest BCUT2D eigenvalue weighted by atomic mass is 15.1. The normalized spacial score (nSPS) is 11.9. The first-order valence-electron chi connectivity index (χ1n) is 19.2. The molecule has 0 aliphatic carbocycles. The third kappa shape index (κ3) is 22.4. The summed E-state index contributed by atoms with van der Waals surface area (Å²) >= 11 is 0. The minimum Gasteiger partial charge on any atom is -0.247 e. The molecule has 0 unspecified atom stereocenters. The molecule has 0 amide bonds. The lowest BCUT2D eigenvalue weighted by Gasteiger charge is -2.09. The van der Waals surface area contributed by atoms with Crippen molar-refractivity contribution >= 4 is 0 Å². The Morgan fingerprint density at radius 3 is 1.24 bits per heavy atom. The number of nitrogens with zero attached hydrogens (tertiary/aromatic N) is 1. The van der Waals surface area contributed by atoms with Gasteiger partial charge in [-0.1, -0.05) is 181 Å². The molecule has 2 heteroatoms. The van der Waals surface area contributed by atoms with Crippen LogP contribution in [0.15, 0.2) is 6.20 Å². The summed E-state index contributed by atoms with van der Waals surface area (Å²) < 4.78 is 2.62. The van der Waals surface area contributed by atoms with E-state index in [9.17, 15) is 0 Å². The van der Waals surface area contributed by atoms with Crippen molar-refractivity contribution in [3.63, 3.8) is 0 Å². The van der Waals surface area contributed by atoms with Crippen molar-refractivity contribution in [2.75, 3.05) is 0 Å². The van der Waals surface area contributed by atoms with E-state index < -0.39 is 0 Å². The van der Waals surface area contributed by atoms with Crippen molar-refractivity contribution < 1.29 is 4.57 Å². The number of imidazole rings is 1. The number of nitrogens with one attached hydrogen (secondary N) is 1. The summed E-state index contributed by atoms with van der Waals surface area (Å²) in [6.07, 6.45) is 43.6.